The highest BCUT2D eigenvalue weighted by Gasteiger charge is 2.22. The highest BCUT2D eigenvalue weighted by Crippen LogP contribution is 2.40. The summed E-state index contributed by atoms with van der Waals surface area (Å²) in [5, 5.41) is 0. The Hall–Kier alpha value is -0.430. The quantitative estimate of drug-likeness (QED) is 0.599. The van der Waals surface area contributed by atoms with E-state index in [1.807, 2.05) is 23.9 Å². The SMILES string of the molecule is COc1ccc(C(CSC(C)(C)C)NN)c(OC)c1Br. The largest absolute Gasteiger partial charge is 0.495 e. The lowest BCUT2D eigenvalue weighted by atomic mass is 10.1. The molecule has 0 aliphatic carbocycles. The first kappa shape index (κ1) is 17.6. The van der Waals surface area contributed by atoms with Crippen molar-refractivity contribution in [3.8, 4) is 11.5 Å². The maximum Gasteiger partial charge on any atom is 0.141 e. The predicted octanol–water partition coefficient (Wildman–Crippen LogP) is 3.50. The number of nitrogens with one attached hydrogen (secondary N) is 1. The van der Waals surface area contributed by atoms with E-state index in [0.717, 1.165) is 27.3 Å². The lowest BCUT2D eigenvalue weighted by Gasteiger charge is -2.24. The van der Waals surface area contributed by atoms with Crippen LogP contribution in [0.5, 0.6) is 11.5 Å². The molecule has 0 saturated carbocycles. The molecule has 0 heterocycles. The molecule has 20 heavy (non-hydrogen) atoms. The van der Waals surface area contributed by atoms with Gasteiger partial charge in [0.1, 0.15) is 16.0 Å². The fourth-order valence-corrected chi connectivity index (χ4v) is 3.38. The van der Waals surface area contributed by atoms with E-state index in [-0.39, 0.29) is 10.8 Å². The molecule has 3 N–H and O–H groups in total. The van der Waals surface area contributed by atoms with Crippen LogP contribution in [-0.2, 0) is 0 Å². The molecule has 0 aromatic heterocycles. The predicted molar refractivity (Wildman–Crippen MR) is 89.5 cm³/mol. The summed E-state index contributed by atoms with van der Waals surface area (Å²) in [6, 6.07) is 3.90. The number of hydrogen-bond acceptors (Lipinski definition) is 5. The molecule has 114 valence electrons. The summed E-state index contributed by atoms with van der Waals surface area (Å²) in [5.74, 6) is 8.06. The van der Waals surface area contributed by atoms with Crippen molar-refractivity contribution in [1.82, 2.24) is 5.43 Å². The number of hydrogen-bond donors (Lipinski definition) is 2. The average molecular weight is 363 g/mol. The Bertz CT molecular complexity index is 450. The van der Waals surface area contributed by atoms with Gasteiger partial charge in [-0.25, -0.2) is 0 Å². The molecule has 0 aliphatic heterocycles. The topological polar surface area (TPSA) is 56.5 Å². The Morgan fingerprint density at radius 1 is 1.30 bits per heavy atom. The van der Waals surface area contributed by atoms with Gasteiger partial charge in [-0.1, -0.05) is 20.8 Å². The first-order chi connectivity index (χ1) is 9.34. The lowest BCUT2D eigenvalue weighted by Crippen LogP contribution is -2.31. The van der Waals surface area contributed by atoms with E-state index in [9.17, 15) is 0 Å². The molecular weight excluding hydrogens is 340 g/mol. The second-order valence-corrected chi connectivity index (χ2v) is 7.99. The van der Waals surface area contributed by atoms with E-state index in [2.05, 4.69) is 42.1 Å². The summed E-state index contributed by atoms with van der Waals surface area (Å²) in [7, 11) is 3.28. The molecule has 1 atom stereocenters. The van der Waals surface area contributed by atoms with Crippen molar-refractivity contribution in [2.45, 2.75) is 31.6 Å². The summed E-state index contributed by atoms with van der Waals surface area (Å²) >= 11 is 5.37. The van der Waals surface area contributed by atoms with Crippen molar-refractivity contribution < 1.29 is 9.47 Å². The molecule has 0 bridgehead atoms. The van der Waals surface area contributed by atoms with Gasteiger partial charge in [-0.05, 0) is 28.1 Å². The van der Waals surface area contributed by atoms with Crippen LogP contribution in [0.25, 0.3) is 0 Å². The van der Waals surface area contributed by atoms with E-state index >= 15 is 0 Å². The molecule has 0 aliphatic rings. The molecule has 1 aromatic carbocycles. The van der Waals surface area contributed by atoms with Crippen LogP contribution < -0.4 is 20.7 Å². The van der Waals surface area contributed by atoms with Gasteiger partial charge in [-0.3, -0.25) is 11.3 Å². The van der Waals surface area contributed by atoms with Crippen LogP contribution in [0.4, 0.5) is 0 Å². The summed E-state index contributed by atoms with van der Waals surface area (Å²) in [4.78, 5) is 0. The van der Waals surface area contributed by atoms with Gasteiger partial charge in [0.25, 0.3) is 0 Å². The minimum atomic E-state index is 0.0105. The van der Waals surface area contributed by atoms with Gasteiger partial charge in [0.15, 0.2) is 0 Å². The van der Waals surface area contributed by atoms with E-state index in [4.69, 9.17) is 15.3 Å². The Morgan fingerprint density at radius 2 is 1.95 bits per heavy atom. The lowest BCUT2D eigenvalue weighted by molar-refractivity contribution is 0.382. The zero-order valence-electron chi connectivity index (χ0n) is 12.6. The normalized spacial score (nSPS) is 13.2. The van der Waals surface area contributed by atoms with Gasteiger partial charge in [0.2, 0.25) is 0 Å². The van der Waals surface area contributed by atoms with Crippen LogP contribution in [0.1, 0.15) is 32.4 Å². The number of thioether (sulfide) groups is 1. The molecule has 0 saturated heterocycles. The van der Waals surface area contributed by atoms with Crippen molar-refractivity contribution in [3.05, 3.63) is 22.2 Å². The van der Waals surface area contributed by atoms with Crippen LogP contribution in [0.2, 0.25) is 0 Å². The first-order valence-electron chi connectivity index (χ1n) is 6.34. The molecule has 4 nitrogen and oxygen atoms in total. The highest BCUT2D eigenvalue weighted by atomic mass is 79.9. The second kappa shape index (κ2) is 7.54. The van der Waals surface area contributed by atoms with Crippen LogP contribution in [0, 0.1) is 0 Å². The molecule has 1 unspecified atom stereocenters. The maximum atomic E-state index is 5.71. The molecule has 1 aromatic rings. The van der Waals surface area contributed by atoms with Crippen LogP contribution >= 0.6 is 27.7 Å². The van der Waals surface area contributed by atoms with Crippen molar-refractivity contribution in [3.63, 3.8) is 0 Å². The van der Waals surface area contributed by atoms with Crippen molar-refractivity contribution in [2.75, 3.05) is 20.0 Å². The minimum Gasteiger partial charge on any atom is -0.495 e. The van der Waals surface area contributed by atoms with Gasteiger partial charge >= 0.3 is 0 Å². The fraction of sp³-hybridized carbons (Fsp3) is 0.571. The van der Waals surface area contributed by atoms with E-state index in [1.165, 1.54) is 0 Å². The third kappa shape index (κ3) is 4.55. The summed E-state index contributed by atoms with van der Waals surface area (Å²) in [6.07, 6.45) is 0. The Labute approximate surface area is 133 Å². The van der Waals surface area contributed by atoms with Crippen LogP contribution in [0.3, 0.4) is 0 Å². The number of ether oxygens (including phenoxy) is 2. The smallest absolute Gasteiger partial charge is 0.141 e. The number of methoxy groups -OCH3 is 2. The Balaban J connectivity index is 3.06. The monoisotopic (exact) mass is 362 g/mol. The van der Waals surface area contributed by atoms with Crippen molar-refractivity contribution in [2.24, 2.45) is 5.84 Å². The molecular formula is C14H23BrN2O2S. The molecule has 0 amide bonds. The van der Waals surface area contributed by atoms with Crippen molar-refractivity contribution in [1.29, 1.82) is 0 Å². The van der Waals surface area contributed by atoms with Gasteiger partial charge in [-0.15, -0.1) is 0 Å². The number of halogens is 1. The number of nitrogens with two attached hydrogens (primary N) is 1. The fourth-order valence-electron chi connectivity index (χ4n) is 1.75. The number of benzene rings is 1. The number of rotatable bonds is 6. The molecule has 1 rings (SSSR count). The van der Waals surface area contributed by atoms with Crippen molar-refractivity contribution >= 4 is 27.7 Å². The summed E-state index contributed by atoms with van der Waals surface area (Å²) in [5.41, 5.74) is 3.88. The zero-order chi connectivity index (χ0) is 15.3. The van der Waals surface area contributed by atoms with Gasteiger partial charge in [-0.2, -0.15) is 11.8 Å². The zero-order valence-corrected chi connectivity index (χ0v) is 15.0. The first-order valence-corrected chi connectivity index (χ1v) is 8.12. The Kier molecular flexibility index (Phi) is 6.64. The Morgan fingerprint density at radius 3 is 2.40 bits per heavy atom. The van der Waals surface area contributed by atoms with E-state index in [1.54, 1.807) is 14.2 Å². The van der Waals surface area contributed by atoms with E-state index in [0.29, 0.717) is 0 Å². The molecule has 0 spiro atoms. The standard InChI is InChI=1S/C14H23BrN2O2S/c1-14(2,3)20-8-10(17-16)9-6-7-11(18-4)12(15)13(9)19-5/h6-7,10,17H,8,16H2,1-5H3. The molecule has 0 radical (unpaired) electrons. The average Bonchev–Trinajstić information content (AvgIpc) is 2.38. The summed E-state index contributed by atoms with van der Waals surface area (Å²) in [6.45, 7) is 6.56. The van der Waals surface area contributed by atoms with E-state index < -0.39 is 0 Å². The highest BCUT2D eigenvalue weighted by molar-refractivity contribution is 9.10. The number of hydrazine groups is 1. The molecule has 6 heteroatoms. The van der Waals surface area contributed by atoms with Gasteiger partial charge in [0.05, 0.1) is 20.3 Å². The molecule has 0 fully saturated rings. The van der Waals surface area contributed by atoms with Crippen LogP contribution in [0.15, 0.2) is 16.6 Å². The van der Waals surface area contributed by atoms with Crippen LogP contribution in [-0.4, -0.2) is 24.7 Å². The minimum absolute atomic E-state index is 0.0105. The third-order valence-corrected chi connectivity index (χ3v) is 4.89. The third-order valence-electron chi connectivity index (χ3n) is 2.78. The van der Waals surface area contributed by atoms with Gasteiger partial charge in [0, 0.05) is 16.1 Å². The summed E-state index contributed by atoms with van der Waals surface area (Å²) < 4.78 is 11.8. The van der Waals surface area contributed by atoms with Gasteiger partial charge < -0.3 is 9.47 Å². The maximum absolute atomic E-state index is 5.71. The second-order valence-electron chi connectivity index (χ2n) is 5.35.